The molecule has 3 rings (SSSR count). The predicted octanol–water partition coefficient (Wildman–Crippen LogP) is 3.08. The lowest BCUT2D eigenvalue weighted by molar-refractivity contribution is -0.139. The minimum absolute atomic E-state index is 0.0655. The fourth-order valence-electron chi connectivity index (χ4n) is 3.78. The van der Waals surface area contributed by atoms with Crippen molar-refractivity contribution in [2.24, 2.45) is 0 Å². The highest BCUT2D eigenvalue weighted by Crippen LogP contribution is 2.44. The van der Waals surface area contributed by atoms with Gasteiger partial charge in [-0.2, -0.15) is 0 Å². The molecular formula is C25H28N2O6. The molecule has 0 aliphatic heterocycles. The molecule has 33 heavy (non-hydrogen) atoms. The molecule has 1 aliphatic rings. The summed E-state index contributed by atoms with van der Waals surface area (Å²) >= 11 is 0. The van der Waals surface area contributed by atoms with E-state index < -0.39 is 30.4 Å². The molecule has 174 valence electrons. The first kappa shape index (κ1) is 24.0. The molecule has 0 heterocycles. The molecule has 2 aromatic rings. The molecular weight excluding hydrogens is 424 g/mol. The van der Waals surface area contributed by atoms with Crippen LogP contribution in [0.4, 0.5) is 4.79 Å². The SMILES string of the molecule is C=C(C)COCCNC(=O)C(CC(=O)O)NC(=O)OCC1c2ccccc2-c2ccccc21. The summed E-state index contributed by atoms with van der Waals surface area (Å²) in [5.41, 5.74) is 5.15. The van der Waals surface area contributed by atoms with Gasteiger partial charge in [-0.25, -0.2) is 4.79 Å². The molecule has 8 nitrogen and oxygen atoms in total. The fourth-order valence-corrected chi connectivity index (χ4v) is 3.78. The van der Waals surface area contributed by atoms with Gasteiger partial charge in [0.15, 0.2) is 0 Å². The average Bonchev–Trinajstić information content (AvgIpc) is 3.10. The third-order valence-electron chi connectivity index (χ3n) is 5.23. The van der Waals surface area contributed by atoms with Gasteiger partial charge in [-0.15, -0.1) is 0 Å². The summed E-state index contributed by atoms with van der Waals surface area (Å²) in [6, 6.07) is 14.6. The number of carboxylic acids is 1. The Morgan fingerprint density at radius 2 is 1.67 bits per heavy atom. The van der Waals surface area contributed by atoms with Crippen LogP contribution in [0.5, 0.6) is 0 Å². The maximum Gasteiger partial charge on any atom is 0.407 e. The zero-order chi connectivity index (χ0) is 23.8. The Hall–Kier alpha value is -3.65. The number of nitrogens with one attached hydrogen (secondary N) is 2. The maximum atomic E-state index is 12.4. The second-order valence-electron chi connectivity index (χ2n) is 7.92. The zero-order valence-electron chi connectivity index (χ0n) is 18.5. The van der Waals surface area contributed by atoms with Crippen LogP contribution < -0.4 is 10.6 Å². The van der Waals surface area contributed by atoms with Gasteiger partial charge >= 0.3 is 12.1 Å². The van der Waals surface area contributed by atoms with Crippen LogP contribution in [-0.2, 0) is 19.1 Å². The van der Waals surface area contributed by atoms with E-state index in [0.29, 0.717) is 6.61 Å². The zero-order valence-corrected chi connectivity index (χ0v) is 18.5. The molecule has 3 N–H and O–H groups in total. The van der Waals surface area contributed by atoms with E-state index in [9.17, 15) is 14.4 Å². The van der Waals surface area contributed by atoms with E-state index >= 15 is 0 Å². The Bertz CT molecular complexity index is 990. The standard InChI is InChI=1S/C25H28N2O6/c1-16(2)14-32-12-11-26-24(30)22(13-23(28)29)27-25(31)33-15-21-19-9-5-3-7-17(19)18-8-4-6-10-20(18)21/h3-10,21-22H,1,11-15H2,2H3,(H,26,30)(H,27,31)(H,28,29). The minimum Gasteiger partial charge on any atom is -0.481 e. The molecule has 0 aromatic heterocycles. The number of carboxylic acid groups (broad SMARTS) is 1. The van der Waals surface area contributed by atoms with Crippen LogP contribution in [0.15, 0.2) is 60.7 Å². The smallest absolute Gasteiger partial charge is 0.407 e. The summed E-state index contributed by atoms with van der Waals surface area (Å²) in [5, 5.41) is 14.1. The number of benzene rings is 2. The summed E-state index contributed by atoms with van der Waals surface area (Å²) < 4.78 is 10.7. The summed E-state index contributed by atoms with van der Waals surface area (Å²) in [7, 11) is 0. The van der Waals surface area contributed by atoms with Crippen LogP contribution in [0.1, 0.15) is 30.4 Å². The number of ether oxygens (including phenoxy) is 2. The van der Waals surface area contributed by atoms with Gasteiger partial charge in [0.1, 0.15) is 12.6 Å². The summed E-state index contributed by atoms with van der Waals surface area (Å²) in [4.78, 5) is 36.0. The van der Waals surface area contributed by atoms with E-state index in [0.717, 1.165) is 27.8 Å². The van der Waals surface area contributed by atoms with Gasteiger partial charge in [-0.3, -0.25) is 9.59 Å². The van der Waals surface area contributed by atoms with Crippen molar-refractivity contribution in [3.8, 4) is 11.1 Å². The van der Waals surface area contributed by atoms with Crippen LogP contribution in [0, 0.1) is 0 Å². The lowest BCUT2D eigenvalue weighted by atomic mass is 9.98. The molecule has 1 atom stereocenters. The Balaban J connectivity index is 1.57. The molecule has 0 bridgehead atoms. The Morgan fingerprint density at radius 1 is 1.06 bits per heavy atom. The number of alkyl carbamates (subject to hydrolysis) is 1. The fraction of sp³-hybridized carbons (Fsp3) is 0.320. The number of hydrogen-bond donors (Lipinski definition) is 3. The van der Waals surface area contributed by atoms with E-state index in [2.05, 4.69) is 17.2 Å². The van der Waals surface area contributed by atoms with Crippen molar-refractivity contribution >= 4 is 18.0 Å². The lowest BCUT2D eigenvalue weighted by Gasteiger charge is -2.18. The quantitative estimate of drug-likeness (QED) is 0.357. The van der Waals surface area contributed by atoms with Crippen molar-refractivity contribution in [1.29, 1.82) is 0 Å². The highest BCUT2D eigenvalue weighted by atomic mass is 16.5. The third-order valence-corrected chi connectivity index (χ3v) is 5.23. The van der Waals surface area contributed by atoms with Gasteiger partial charge in [0, 0.05) is 12.5 Å². The van der Waals surface area contributed by atoms with E-state index in [1.807, 2.05) is 55.5 Å². The Kier molecular flexibility index (Phi) is 8.21. The van der Waals surface area contributed by atoms with Gasteiger partial charge in [-0.1, -0.05) is 60.7 Å². The number of fused-ring (bicyclic) bond motifs is 3. The first-order valence-electron chi connectivity index (χ1n) is 10.7. The van der Waals surface area contributed by atoms with Crippen LogP contribution >= 0.6 is 0 Å². The number of carbonyl (C=O) groups is 3. The molecule has 8 heteroatoms. The van der Waals surface area contributed by atoms with Crippen LogP contribution in [0.3, 0.4) is 0 Å². The van der Waals surface area contributed by atoms with Gasteiger partial charge < -0.3 is 25.2 Å². The molecule has 2 aromatic carbocycles. The first-order chi connectivity index (χ1) is 15.9. The number of rotatable bonds is 11. The van der Waals surface area contributed by atoms with Gasteiger partial charge in [0.2, 0.25) is 5.91 Å². The molecule has 2 amide bonds. The van der Waals surface area contributed by atoms with Crippen molar-refractivity contribution in [3.63, 3.8) is 0 Å². The number of carbonyl (C=O) groups excluding carboxylic acids is 2. The minimum atomic E-state index is -1.26. The van der Waals surface area contributed by atoms with Gasteiger partial charge in [0.25, 0.3) is 0 Å². The van der Waals surface area contributed by atoms with E-state index in [1.165, 1.54) is 0 Å². The van der Waals surface area contributed by atoms with E-state index in [4.69, 9.17) is 14.6 Å². The third kappa shape index (κ3) is 6.43. The summed E-state index contributed by atoms with van der Waals surface area (Å²) in [5.74, 6) is -1.97. The summed E-state index contributed by atoms with van der Waals surface area (Å²) in [6.45, 7) is 6.38. The topological polar surface area (TPSA) is 114 Å². The van der Waals surface area contributed by atoms with Crippen LogP contribution in [-0.4, -0.2) is 55.5 Å². The van der Waals surface area contributed by atoms with Crippen molar-refractivity contribution in [2.75, 3.05) is 26.4 Å². The van der Waals surface area contributed by atoms with Crippen LogP contribution in [0.2, 0.25) is 0 Å². The van der Waals surface area contributed by atoms with E-state index in [1.54, 1.807) is 0 Å². The second-order valence-corrected chi connectivity index (χ2v) is 7.92. The predicted molar refractivity (Wildman–Crippen MR) is 123 cm³/mol. The molecule has 0 saturated carbocycles. The summed E-state index contributed by atoms with van der Waals surface area (Å²) in [6.07, 6.45) is -1.42. The largest absolute Gasteiger partial charge is 0.481 e. The van der Waals surface area contributed by atoms with Crippen molar-refractivity contribution in [3.05, 3.63) is 71.8 Å². The second kappa shape index (κ2) is 11.3. The number of aliphatic carboxylic acids is 1. The van der Waals surface area contributed by atoms with Crippen molar-refractivity contribution in [2.45, 2.75) is 25.3 Å². The number of amides is 2. The van der Waals surface area contributed by atoms with Crippen molar-refractivity contribution < 1.29 is 29.0 Å². The lowest BCUT2D eigenvalue weighted by Crippen LogP contribution is -2.48. The van der Waals surface area contributed by atoms with Gasteiger partial charge in [0.05, 0.1) is 19.6 Å². The molecule has 0 radical (unpaired) electrons. The van der Waals surface area contributed by atoms with Gasteiger partial charge in [-0.05, 0) is 29.2 Å². The highest BCUT2D eigenvalue weighted by Gasteiger charge is 2.30. The average molecular weight is 453 g/mol. The molecule has 0 saturated heterocycles. The molecule has 1 aliphatic carbocycles. The first-order valence-corrected chi connectivity index (χ1v) is 10.7. The Morgan fingerprint density at radius 3 is 2.24 bits per heavy atom. The molecule has 1 unspecified atom stereocenters. The maximum absolute atomic E-state index is 12.4. The van der Waals surface area contributed by atoms with Crippen LogP contribution in [0.25, 0.3) is 11.1 Å². The molecule has 0 spiro atoms. The highest BCUT2D eigenvalue weighted by molar-refractivity contribution is 5.89. The normalized spacial score (nSPS) is 12.9. The number of hydrogen-bond acceptors (Lipinski definition) is 5. The molecule has 0 fully saturated rings. The monoisotopic (exact) mass is 452 g/mol. The van der Waals surface area contributed by atoms with Crippen molar-refractivity contribution in [1.82, 2.24) is 10.6 Å². The van der Waals surface area contributed by atoms with E-state index in [-0.39, 0.29) is 25.7 Å². The Labute approximate surface area is 192 Å².